The fourth-order valence-corrected chi connectivity index (χ4v) is 1.94. The summed E-state index contributed by atoms with van der Waals surface area (Å²) in [7, 11) is 1.35. The van der Waals surface area contributed by atoms with Gasteiger partial charge in [-0.2, -0.15) is 0 Å². The van der Waals surface area contributed by atoms with Gasteiger partial charge < -0.3 is 19.7 Å². The molecule has 0 fully saturated rings. The molecule has 0 saturated carbocycles. The molecule has 1 rings (SSSR count). The number of rotatable bonds is 6. The van der Waals surface area contributed by atoms with Crippen molar-refractivity contribution in [3.05, 3.63) is 22.2 Å². The van der Waals surface area contributed by atoms with E-state index in [-0.39, 0.29) is 23.5 Å². The zero-order valence-corrected chi connectivity index (χ0v) is 11.9. The lowest BCUT2D eigenvalue weighted by Crippen LogP contribution is -2.26. The van der Waals surface area contributed by atoms with Crippen molar-refractivity contribution in [3.8, 4) is 11.5 Å². The van der Waals surface area contributed by atoms with Gasteiger partial charge in [0, 0.05) is 0 Å². The molecule has 1 unspecified atom stereocenters. The van der Waals surface area contributed by atoms with Crippen molar-refractivity contribution < 1.29 is 29.3 Å². The van der Waals surface area contributed by atoms with E-state index >= 15 is 0 Å². The first kappa shape index (κ1) is 15.3. The lowest BCUT2D eigenvalue weighted by molar-refractivity contribution is -0.145. The quantitative estimate of drug-likeness (QED) is 0.830. The number of hydrogen-bond donors (Lipinski definition) is 2. The molecular formula is C12H13BrO6. The summed E-state index contributed by atoms with van der Waals surface area (Å²) >= 11 is 3.15. The number of carboxylic acid groups (broad SMARTS) is 2. The Morgan fingerprint density at radius 1 is 1.37 bits per heavy atom. The Morgan fingerprint density at radius 3 is 2.42 bits per heavy atom. The van der Waals surface area contributed by atoms with Gasteiger partial charge in [0.05, 0.1) is 17.1 Å². The SMILES string of the molecule is CCC(Oc1c(Br)cc(C(=O)O)cc1OC)C(=O)O. The summed E-state index contributed by atoms with van der Waals surface area (Å²) in [6.07, 6.45) is -0.758. The second-order valence-electron chi connectivity index (χ2n) is 3.65. The lowest BCUT2D eigenvalue weighted by atomic mass is 10.2. The lowest BCUT2D eigenvalue weighted by Gasteiger charge is -2.17. The topological polar surface area (TPSA) is 93.1 Å². The monoisotopic (exact) mass is 332 g/mol. The smallest absolute Gasteiger partial charge is 0.344 e. The number of carbonyl (C=O) groups is 2. The van der Waals surface area contributed by atoms with Crippen LogP contribution >= 0.6 is 15.9 Å². The molecule has 0 aliphatic carbocycles. The normalized spacial score (nSPS) is 11.7. The molecule has 0 aliphatic heterocycles. The highest BCUT2D eigenvalue weighted by atomic mass is 79.9. The number of halogens is 1. The highest BCUT2D eigenvalue weighted by Crippen LogP contribution is 2.37. The highest BCUT2D eigenvalue weighted by Gasteiger charge is 2.22. The summed E-state index contributed by atoms with van der Waals surface area (Å²) in [5, 5.41) is 17.9. The van der Waals surface area contributed by atoms with E-state index in [0.717, 1.165) is 0 Å². The van der Waals surface area contributed by atoms with Gasteiger partial charge in [-0.1, -0.05) is 6.92 Å². The Bertz CT molecular complexity index is 499. The largest absolute Gasteiger partial charge is 0.493 e. The molecule has 104 valence electrons. The van der Waals surface area contributed by atoms with Crippen molar-refractivity contribution in [3.63, 3.8) is 0 Å². The van der Waals surface area contributed by atoms with Crippen LogP contribution in [0.4, 0.5) is 0 Å². The van der Waals surface area contributed by atoms with Crippen LogP contribution in [0.2, 0.25) is 0 Å². The summed E-state index contributed by atoms with van der Waals surface area (Å²) in [4.78, 5) is 21.9. The van der Waals surface area contributed by atoms with Crippen molar-refractivity contribution in [2.75, 3.05) is 7.11 Å². The van der Waals surface area contributed by atoms with Crippen LogP contribution in [0.5, 0.6) is 11.5 Å². The maximum atomic E-state index is 10.9. The predicted molar refractivity (Wildman–Crippen MR) is 70.0 cm³/mol. The molecule has 19 heavy (non-hydrogen) atoms. The third-order valence-electron chi connectivity index (χ3n) is 2.38. The minimum atomic E-state index is -1.11. The third kappa shape index (κ3) is 3.60. The predicted octanol–water partition coefficient (Wildman–Crippen LogP) is 2.40. The van der Waals surface area contributed by atoms with Gasteiger partial charge in [-0.3, -0.25) is 0 Å². The summed E-state index contributed by atoms with van der Waals surface area (Å²) in [5.41, 5.74) is 0.0134. The van der Waals surface area contributed by atoms with Crippen LogP contribution in [0.3, 0.4) is 0 Å². The fourth-order valence-electron chi connectivity index (χ4n) is 1.41. The molecule has 0 radical (unpaired) electrons. The summed E-state index contributed by atoms with van der Waals surface area (Å²) < 4.78 is 10.7. The van der Waals surface area contributed by atoms with Crippen LogP contribution in [0.25, 0.3) is 0 Å². The number of aliphatic carboxylic acids is 1. The second-order valence-corrected chi connectivity index (χ2v) is 4.50. The molecule has 0 saturated heterocycles. The molecule has 0 bridgehead atoms. The van der Waals surface area contributed by atoms with Crippen LogP contribution in [0.15, 0.2) is 16.6 Å². The number of benzene rings is 1. The standard InChI is InChI=1S/C12H13BrO6/c1-3-8(12(16)17)19-10-7(13)4-6(11(14)15)5-9(10)18-2/h4-5,8H,3H2,1-2H3,(H,14,15)(H,16,17). The van der Waals surface area contributed by atoms with Crippen molar-refractivity contribution in [1.82, 2.24) is 0 Å². The molecular weight excluding hydrogens is 320 g/mol. The van der Waals surface area contributed by atoms with Gasteiger partial charge in [-0.15, -0.1) is 0 Å². The molecule has 1 aromatic carbocycles. The van der Waals surface area contributed by atoms with E-state index in [1.807, 2.05) is 0 Å². The highest BCUT2D eigenvalue weighted by molar-refractivity contribution is 9.10. The zero-order chi connectivity index (χ0) is 14.6. The van der Waals surface area contributed by atoms with Crippen molar-refractivity contribution in [2.45, 2.75) is 19.4 Å². The van der Waals surface area contributed by atoms with Crippen molar-refractivity contribution in [2.24, 2.45) is 0 Å². The maximum Gasteiger partial charge on any atom is 0.344 e. The first-order chi connectivity index (χ1) is 8.90. The van der Waals surface area contributed by atoms with E-state index in [1.165, 1.54) is 19.2 Å². The van der Waals surface area contributed by atoms with E-state index < -0.39 is 18.0 Å². The van der Waals surface area contributed by atoms with Crippen molar-refractivity contribution in [1.29, 1.82) is 0 Å². The number of hydrogen-bond acceptors (Lipinski definition) is 4. The van der Waals surface area contributed by atoms with Crippen LogP contribution < -0.4 is 9.47 Å². The molecule has 6 nitrogen and oxygen atoms in total. The van der Waals surface area contributed by atoms with Gasteiger partial charge in [0.2, 0.25) is 0 Å². The van der Waals surface area contributed by atoms with E-state index in [4.69, 9.17) is 19.7 Å². The van der Waals surface area contributed by atoms with E-state index in [1.54, 1.807) is 6.92 Å². The Hall–Kier alpha value is -1.76. The van der Waals surface area contributed by atoms with Crippen molar-refractivity contribution >= 4 is 27.9 Å². The van der Waals surface area contributed by atoms with Gasteiger partial charge in [0.15, 0.2) is 17.6 Å². The third-order valence-corrected chi connectivity index (χ3v) is 2.97. The maximum absolute atomic E-state index is 10.9. The molecule has 2 N–H and O–H groups in total. The van der Waals surface area contributed by atoms with Gasteiger partial charge in [-0.05, 0) is 34.5 Å². The average molecular weight is 333 g/mol. The first-order valence-corrected chi connectivity index (χ1v) is 6.20. The molecule has 1 aromatic rings. The molecule has 0 aromatic heterocycles. The molecule has 0 aliphatic rings. The van der Waals surface area contributed by atoms with E-state index in [9.17, 15) is 9.59 Å². The number of aromatic carboxylic acids is 1. The molecule has 7 heteroatoms. The fraction of sp³-hybridized carbons (Fsp3) is 0.333. The Balaban J connectivity index is 3.20. The summed E-state index contributed by atoms with van der Waals surface area (Å²) in [5.74, 6) is -1.89. The molecule has 0 heterocycles. The minimum absolute atomic E-state index is 0.0134. The molecule has 1 atom stereocenters. The molecule has 0 spiro atoms. The van der Waals surface area contributed by atoms with Gasteiger partial charge >= 0.3 is 11.9 Å². The number of carboxylic acids is 2. The van der Waals surface area contributed by atoms with Crippen LogP contribution in [-0.4, -0.2) is 35.4 Å². The Morgan fingerprint density at radius 2 is 2.00 bits per heavy atom. The van der Waals surface area contributed by atoms with Crippen LogP contribution in [-0.2, 0) is 4.79 Å². The van der Waals surface area contributed by atoms with Gasteiger partial charge in [0.25, 0.3) is 0 Å². The molecule has 0 amide bonds. The Labute approximate surface area is 118 Å². The van der Waals surface area contributed by atoms with Gasteiger partial charge in [0.1, 0.15) is 0 Å². The summed E-state index contributed by atoms with van der Waals surface area (Å²) in [6, 6.07) is 2.60. The zero-order valence-electron chi connectivity index (χ0n) is 10.3. The number of methoxy groups -OCH3 is 1. The first-order valence-electron chi connectivity index (χ1n) is 5.41. The van der Waals surface area contributed by atoms with Gasteiger partial charge in [-0.25, -0.2) is 9.59 Å². The van der Waals surface area contributed by atoms with Crippen LogP contribution in [0.1, 0.15) is 23.7 Å². The Kier molecular flexibility index (Phi) is 5.17. The second kappa shape index (κ2) is 6.42. The van der Waals surface area contributed by atoms with E-state index in [0.29, 0.717) is 4.47 Å². The van der Waals surface area contributed by atoms with E-state index in [2.05, 4.69) is 15.9 Å². The van der Waals surface area contributed by atoms with Crippen LogP contribution in [0, 0.1) is 0 Å². The minimum Gasteiger partial charge on any atom is -0.493 e. The average Bonchev–Trinajstić information content (AvgIpc) is 2.35. The number of ether oxygens (including phenoxy) is 2. The summed E-state index contributed by atoms with van der Waals surface area (Å²) in [6.45, 7) is 1.67.